The molecule has 0 unspecified atom stereocenters. The Morgan fingerprint density at radius 2 is 1.86 bits per heavy atom. The average molecular weight is 100 g/mol. The van der Waals surface area contributed by atoms with Crippen molar-refractivity contribution in [3.63, 3.8) is 0 Å². The van der Waals surface area contributed by atoms with Crippen molar-refractivity contribution >= 4 is 6.08 Å². The smallest absolute Gasteiger partial charge is 0.211 e. The maximum Gasteiger partial charge on any atom is 0.235 e. The van der Waals surface area contributed by atoms with E-state index in [9.17, 15) is 4.79 Å². The van der Waals surface area contributed by atoms with Crippen LogP contribution in [0.1, 0.15) is 20.8 Å². The maximum atomic E-state index is 9.53. The van der Waals surface area contributed by atoms with E-state index in [1.165, 1.54) is 6.08 Å². The SMILES string of the molecule is CC(C)(C)N=[13C]=O. The molecule has 0 amide bonds. The third-order valence-electron chi connectivity index (χ3n) is 0.381. The molecule has 0 N–H and O–H groups in total. The summed E-state index contributed by atoms with van der Waals surface area (Å²) >= 11 is 0. The number of carbonyl (C=O) groups excluding carboxylic acids is 1. The fourth-order valence-corrected chi connectivity index (χ4v) is 0.137. The molecule has 0 heterocycles. The summed E-state index contributed by atoms with van der Waals surface area (Å²) in [6, 6.07) is 0. The van der Waals surface area contributed by atoms with Gasteiger partial charge in [-0.15, -0.1) is 0 Å². The second-order valence-corrected chi connectivity index (χ2v) is 2.37. The second-order valence-electron chi connectivity index (χ2n) is 2.37. The highest BCUT2D eigenvalue weighted by Crippen LogP contribution is 2.02. The largest absolute Gasteiger partial charge is 0.235 e. The van der Waals surface area contributed by atoms with E-state index < -0.39 is 0 Å². The summed E-state index contributed by atoms with van der Waals surface area (Å²) in [6.07, 6.45) is 1.48. The van der Waals surface area contributed by atoms with E-state index in [0.717, 1.165) is 0 Å². The molecule has 40 valence electrons. The van der Waals surface area contributed by atoms with E-state index in [-0.39, 0.29) is 5.54 Å². The Balaban J connectivity index is 3.80. The van der Waals surface area contributed by atoms with Crippen LogP contribution in [0.2, 0.25) is 0 Å². The van der Waals surface area contributed by atoms with Gasteiger partial charge in [0, 0.05) is 0 Å². The molecule has 7 heavy (non-hydrogen) atoms. The summed E-state index contributed by atoms with van der Waals surface area (Å²) in [4.78, 5) is 13.0. The van der Waals surface area contributed by atoms with Crippen molar-refractivity contribution < 1.29 is 4.79 Å². The zero-order valence-electron chi connectivity index (χ0n) is 4.86. The van der Waals surface area contributed by atoms with Crippen LogP contribution in [0.25, 0.3) is 0 Å². The average Bonchev–Trinajstić information content (AvgIpc) is 1.30. The summed E-state index contributed by atoms with van der Waals surface area (Å²) < 4.78 is 0. The van der Waals surface area contributed by atoms with Gasteiger partial charge < -0.3 is 0 Å². The van der Waals surface area contributed by atoms with Crippen molar-refractivity contribution in [2.24, 2.45) is 4.99 Å². The van der Waals surface area contributed by atoms with E-state index in [4.69, 9.17) is 0 Å². The van der Waals surface area contributed by atoms with Gasteiger partial charge in [0.1, 0.15) is 0 Å². The molecule has 0 aliphatic carbocycles. The molecule has 0 spiro atoms. The predicted octanol–water partition coefficient (Wildman–Crippen LogP) is 1.12. The van der Waals surface area contributed by atoms with E-state index in [1.54, 1.807) is 0 Å². The van der Waals surface area contributed by atoms with Crippen LogP contribution in [0.3, 0.4) is 0 Å². The van der Waals surface area contributed by atoms with Crippen LogP contribution >= 0.6 is 0 Å². The molecule has 0 rings (SSSR count). The quantitative estimate of drug-likeness (QED) is 0.255. The topological polar surface area (TPSA) is 29.4 Å². The van der Waals surface area contributed by atoms with Crippen molar-refractivity contribution in [3.8, 4) is 0 Å². The normalized spacial score (nSPS) is 10.1. The molecule has 0 fully saturated rings. The van der Waals surface area contributed by atoms with Crippen LogP contribution in [0, 0.1) is 0 Å². The Bertz CT molecular complexity index is 95.1. The minimum absolute atomic E-state index is 0.248. The first-order chi connectivity index (χ1) is 3.06. The number of aliphatic imine (C=N–C) groups is 1. The Morgan fingerprint density at radius 3 is 1.86 bits per heavy atom. The van der Waals surface area contributed by atoms with Crippen LogP contribution in [0.5, 0.6) is 0 Å². The molecular formula is C5H9NO. The van der Waals surface area contributed by atoms with Crippen LogP contribution < -0.4 is 0 Å². The molecule has 2 nitrogen and oxygen atoms in total. The summed E-state index contributed by atoms with van der Waals surface area (Å²) in [5.74, 6) is 0. The predicted molar refractivity (Wildman–Crippen MR) is 27.9 cm³/mol. The third kappa shape index (κ3) is 5.38. The van der Waals surface area contributed by atoms with E-state index in [2.05, 4.69) is 4.99 Å². The molecule has 0 bridgehead atoms. The van der Waals surface area contributed by atoms with E-state index in [1.807, 2.05) is 20.8 Å². The Hall–Kier alpha value is -0.620. The first kappa shape index (κ1) is 6.38. The standard InChI is InChI=1S/C5H9NO/c1-5(2,3)6-4-7/h1-3H3/i4+1. The van der Waals surface area contributed by atoms with Gasteiger partial charge in [-0.3, -0.25) is 0 Å². The molecule has 0 aliphatic rings. The van der Waals surface area contributed by atoms with E-state index in [0.29, 0.717) is 0 Å². The van der Waals surface area contributed by atoms with Gasteiger partial charge in [0.25, 0.3) is 0 Å². The number of hydrogen-bond acceptors (Lipinski definition) is 2. The zero-order valence-corrected chi connectivity index (χ0v) is 4.86. The van der Waals surface area contributed by atoms with Crippen molar-refractivity contribution in [2.75, 3.05) is 0 Å². The van der Waals surface area contributed by atoms with Crippen LogP contribution in [0.4, 0.5) is 0 Å². The first-order valence-corrected chi connectivity index (χ1v) is 2.15. The molecule has 0 aromatic rings. The zero-order chi connectivity index (χ0) is 5.91. The van der Waals surface area contributed by atoms with Gasteiger partial charge in [0.15, 0.2) is 0 Å². The van der Waals surface area contributed by atoms with Crippen LogP contribution in [0.15, 0.2) is 4.99 Å². The van der Waals surface area contributed by atoms with Gasteiger partial charge in [-0.05, 0) is 20.8 Å². The van der Waals surface area contributed by atoms with Gasteiger partial charge in [0.05, 0.1) is 5.54 Å². The molecule has 0 radical (unpaired) electrons. The molecule has 0 saturated heterocycles. The van der Waals surface area contributed by atoms with Gasteiger partial charge in [-0.1, -0.05) is 0 Å². The lowest BCUT2D eigenvalue weighted by molar-refractivity contribution is 0.535. The molecule has 0 aromatic carbocycles. The Labute approximate surface area is 43.3 Å². The van der Waals surface area contributed by atoms with Crippen molar-refractivity contribution in [2.45, 2.75) is 26.3 Å². The van der Waals surface area contributed by atoms with Crippen LogP contribution in [-0.2, 0) is 4.79 Å². The Morgan fingerprint density at radius 1 is 1.43 bits per heavy atom. The highest BCUT2D eigenvalue weighted by atomic mass is 16.2. The maximum absolute atomic E-state index is 9.53. The molecule has 0 saturated carbocycles. The molecular weight excluding hydrogens is 91.1 g/mol. The second kappa shape index (κ2) is 1.90. The molecule has 0 atom stereocenters. The fourth-order valence-electron chi connectivity index (χ4n) is 0.137. The Kier molecular flexibility index (Phi) is 1.73. The minimum Gasteiger partial charge on any atom is -0.211 e. The number of hydrogen-bond donors (Lipinski definition) is 0. The first-order valence-electron chi connectivity index (χ1n) is 2.15. The molecule has 0 aromatic heterocycles. The lowest BCUT2D eigenvalue weighted by atomic mass is 10.1. The number of isocyanates is 1. The summed E-state index contributed by atoms with van der Waals surface area (Å²) in [6.45, 7) is 5.54. The monoisotopic (exact) mass is 100 g/mol. The number of rotatable bonds is 0. The van der Waals surface area contributed by atoms with Gasteiger partial charge in [-0.2, -0.15) is 0 Å². The highest BCUT2D eigenvalue weighted by Gasteiger charge is 2.04. The molecule has 0 aliphatic heterocycles. The summed E-state index contributed by atoms with van der Waals surface area (Å²) in [7, 11) is 0. The number of nitrogens with zero attached hydrogens (tertiary/aromatic N) is 1. The van der Waals surface area contributed by atoms with Gasteiger partial charge in [0.2, 0.25) is 6.08 Å². The summed E-state index contributed by atoms with van der Waals surface area (Å²) in [5, 5.41) is 0. The highest BCUT2D eigenvalue weighted by molar-refractivity contribution is 5.34. The lowest BCUT2D eigenvalue weighted by Crippen LogP contribution is -2.07. The van der Waals surface area contributed by atoms with Crippen molar-refractivity contribution in [3.05, 3.63) is 0 Å². The van der Waals surface area contributed by atoms with Crippen molar-refractivity contribution in [1.82, 2.24) is 0 Å². The van der Waals surface area contributed by atoms with Crippen LogP contribution in [-0.4, -0.2) is 11.6 Å². The summed E-state index contributed by atoms with van der Waals surface area (Å²) in [5.41, 5.74) is -0.248. The van der Waals surface area contributed by atoms with Crippen molar-refractivity contribution in [1.29, 1.82) is 0 Å². The third-order valence-corrected chi connectivity index (χ3v) is 0.381. The minimum atomic E-state index is -0.248. The molecule has 2 heteroatoms. The fraction of sp³-hybridized carbons (Fsp3) is 0.800. The van der Waals surface area contributed by atoms with E-state index >= 15 is 0 Å². The lowest BCUT2D eigenvalue weighted by Gasteiger charge is -2.05. The van der Waals surface area contributed by atoms with Gasteiger partial charge >= 0.3 is 0 Å². The van der Waals surface area contributed by atoms with Gasteiger partial charge in [-0.25, -0.2) is 9.79 Å².